The molecular weight excluding hydrogens is 356 g/mol. The molecule has 0 unspecified atom stereocenters. The van der Waals surface area contributed by atoms with Gasteiger partial charge in [0.1, 0.15) is 4.88 Å². The van der Waals surface area contributed by atoms with E-state index in [9.17, 15) is 22.8 Å². The largest absolute Gasteiger partial charge is 0.451 e. The fraction of sp³-hybridized carbons (Fsp3) is 0.500. The van der Waals surface area contributed by atoms with Crippen molar-refractivity contribution in [2.45, 2.75) is 19.3 Å². The molecule has 1 aromatic rings. The molecule has 8 nitrogen and oxygen atoms in total. The zero-order valence-electron chi connectivity index (χ0n) is 13.1. The van der Waals surface area contributed by atoms with Gasteiger partial charge in [0.15, 0.2) is 6.61 Å². The first-order chi connectivity index (χ1) is 11.3. The van der Waals surface area contributed by atoms with Crippen LogP contribution in [0.3, 0.4) is 0 Å². The molecule has 132 valence electrons. The summed E-state index contributed by atoms with van der Waals surface area (Å²) in [5.41, 5.74) is 0. The van der Waals surface area contributed by atoms with E-state index in [0.29, 0.717) is 30.7 Å². The van der Waals surface area contributed by atoms with Crippen LogP contribution in [0.15, 0.2) is 12.1 Å². The molecule has 2 amide bonds. The summed E-state index contributed by atoms with van der Waals surface area (Å²) in [5.74, 6) is -1.39. The second kappa shape index (κ2) is 7.86. The summed E-state index contributed by atoms with van der Waals surface area (Å²) in [7, 11) is -3.24. The van der Waals surface area contributed by atoms with E-state index in [1.165, 1.54) is 11.3 Å². The van der Waals surface area contributed by atoms with E-state index < -0.39 is 28.5 Å². The summed E-state index contributed by atoms with van der Waals surface area (Å²) in [6.45, 7) is 0.141. The number of thiophene rings is 1. The molecular formula is C14H18N2O6S2. The van der Waals surface area contributed by atoms with Gasteiger partial charge in [-0.3, -0.25) is 14.5 Å². The SMILES string of the molecule is CS(=O)(=O)NCCc1ccc(C(=O)OCC(=O)N2CCCC2=O)s1. The molecule has 0 radical (unpaired) electrons. The number of carbonyl (C=O) groups excluding carboxylic acids is 3. The van der Waals surface area contributed by atoms with E-state index in [1.807, 2.05) is 0 Å². The number of esters is 1. The highest BCUT2D eigenvalue weighted by Crippen LogP contribution is 2.18. The number of nitrogens with zero attached hydrogens (tertiary/aromatic N) is 1. The molecule has 1 aliphatic heterocycles. The number of carbonyl (C=O) groups is 3. The van der Waals surface area contributed by atoms with E-state index >= 15 is 0 Å². The Balaban J connectivity index is 1.80. The molecule has 0 bridgehead atoms. The fourth-order valence-electron chi connectivity index (χ4n) is 2.17. The number of rotatable bonds is 7. The minimum Gasteiger partial charge on any atom is -0.451 e. The van der Waals surface area contributed by atoms with Crippen LogP contribution >= 0.6 is 11.3 Å². The maximum absolute atomic E-state index is 11.9. The quantitative estimate of drug-likeness (QED) is 0.680. The van der Waals surface area contributed by atoms with Gasteiger partial charge in [0.05, 0.1) is 6.26 Å². The van der Waals surface area contributed by atoms with Gasteiger partial charge in [-0.25, -0.2) is 17.9 Å². The molecule has 1 fully saturated rings. The van der Waals surface area contributed by atoms with E-state index in [0.717, 1.165) is 16.0 Å². The fourth-order valence-corrected chi connectivity index (χ4v) is 3.54. The molecule has 1 saturated heterocycles. The third kappa shape index (κ3) is 5.39. The van der Waals surface area contributed by atoms with E-state index in [2.05, 4.69) is 4.72 Å². The Kier molecular flexibility index (Phi) is 6.08. The lowest BCUT2D eigenvalue weighted by Gasteiger charge is -2.12. The number of imide groups is 1. The first kappa shape index (κ1) is 18.6. The number of nitrogens with one attached hydrogen (secondary N) is 1. The van der Waals surface area contributed by atoms with Gasteiger partial charge < -0.3 is 4.74 Å². The number of likely N-dealkylation sites (tertiary alicyclic amines) is 1. The third-order valence-corrected chi connectivity index (χ3v) is 5.15. The molecule has 10 heteroatoms. The Morgan fingerprint density at radius 3 is 2.75 bits per heavy atom. The van der Waals surface area contributed by atoms with E-state index in [1.54, 1.807) is 12.1 Å². The average Bonchev–Trinajstić information content (AvgIpc) is 3.12. The maximum Gasteiger partial charge on any atom is 0.348 e. The Bertz CT molecular complexity index is 740. The van der Waals surface area contributed by atoms with Crippen LogP contribution in [0.4, 0.5) is 0 Å². The van der Waals surface area contributed by atoms with Crippen molar-refractivity contribution in [3.8, 4) is 0 Å². The van der Waals surface area contributed by atoms with Crippen molar-refractivity contribution in [2.75, 3.05) is 26.0 Å². The first-order valence-electron chi connectivity index (χ1n) is 7.30. The van der Waals surface area contributed by atoms with Gasteiger partial charge in [0.2, 0.25) is 15.9 Å². The highest BCUT2D eigenvalue weighted by Gasteiger charge is 2.27. The molecule has 1 N–H and O–H groups in total. The maximum atomic E-state index is 11.9. The molecule has 2 rings (SSSR count). The first-order valence-corrected chi connectivity index (χ1v) is 10.0. The van der Waals surface area contributed by atoms with Gasteiger partial charge in [0.25, 0.3) is 5.91 Å². The predicted octanol–water partition coefficient (Wildman–Crippen LogP) is 0.146. The number of amides is 2. The van der Waals surface area contributed by atoms with Gasteiger partial charge in [0, 0.05) is 24.4 Å². The summed E-state index contributed by atoms with van der Waals surface area (Å²) < 4.78 is 29.3. The van der Waals surface area contributed by atoms with Crippen molar-refractivity contribution in [2.24, 2.45) is 0 Å². The number of sulfonamides is 1. The lowest BCUT2D eigenvalue weighted by Crippen LogP contribution is -2.35. The van der Waals surface area contributed by atoms with E-state index in [-0.39, 0.29) is 12.5 Å². The van der Waals surface area contributed by atoms with Crippen molar-refractivity contribution in [3.05, 3.63) is 21.9 Å². The molecule has 0 atom stereocenters. The van der Waals surface area contributed by atoms with Crippen molar-refractivity contribution < 1.29 is 27.5 Å². The minimum absolute atomic E-state index is 0.239. The molecule has 1 aliphatic rings. The Hall–Kier alpha value is -1.78. The monoisotopic (exact) mass is 374 g/mol. The lowest BCUT2D eigenvalue weighted by atomic mass is 10.3. The number of hydrogen-bond donors (Lipinski definition) is 1. The van der Waals surface area contributed by atoms with Crippen molar-refractivity contribution in [1.29, 1.82) is 0 Å². The van der Waals surface area contributed by atoms with Crippen molar-refractivity contribution >= 4 is 39.1 Å². The van der Waals surface area contributed by atoms with Crippen LogP contribution in [0.1, 0.15) is 27.4 Å². The number of ether oxygens (including phenoxy) is 1. The Labute approximate surface area is 143 Å². The molecule has 0 spiro atoms. The zero-order valence-corrected chi connectivity index (χ0v) is 14.7. The van der Waals surface area contributed by atoms with Gasteiger partial charge in [-0.05, 0) is 25.0 Å². The van der Waals surface area contributed by atoms with Crippen LogP contribution in [0.25, 0.3) is 0 Å². The smallest absolute Gasteiger partial charge is 0.348 e. The highest BCUT2D eigenvalue weighted by molar-refractivity contribution is 7.88. The molecule has 0 aromatic carbocycles. The Morgan fingerprint density at radius 1 is 1.38 bits per heavy atom. The van der Waals surface area contributed by atoms with Crippen LogP contribution < -0.4 is 4.72 Å². The van der Waals surface area contributed by atoms with Crippen molar-refractivity contribution in [3.63, 3.8) is 0 Å². The van der Waals surface area contributed by atoms with Crippen LogP contribution in [0.5, 0.6) is 0 Å². The normalized spacial score (nSPS) is 14.9. The number of hydrogen-bond acceptors (Lipinski definition) is 7. The van der Waals surface area contributed by atoms with E-state index in [4.69, 9.17) is 4.74 Å². The second-order valence-electron chi connectivity index (χ2n) is 5.30. The van der Waals surface area contributed by atoms with Gasteiger partial charge >= 0.3 is 5.97 Å². The summed E-state index contributed by atoms with van der Waals surface area (Å²) in [5, 5.41) is 0. The molecule has 0 aliphatic carbocycles. The summed E-state index contributed by atoms with van der Waals surface area (Å²) in [4.78, 5) is 37.4. The molecule has 2 heterocycles. The Morgan fingerprint density at radius 2 is 2.12 bits per heavy atom. The molecule has 1 aromatic heterocycles. The average molecular weight is 374 g/mol. The van der Waals surface area contributed by atoms with Crippen LogP contribution in [-0.2, 0) is 30.8 Å². The van der Waals surface area contributed by atoms with Crippen LogP contribution in [0.2, 0.25) is 0 Å². The highest BCUT2D eigenvalue weighted by atomic mass is 32.2. The van der Waals surface area contributed by atoms with Gasteiger partial charge in [-0.1, -0.05) is 0 Å². The molecule has 24 heavy (non-hydrogen) atoms. The molecule has 0 saturated carbocycles. The second-order valence-corrected chi connectivity index (χ2v) is 8.30. The lowest BCUT2D eigenvalue weighted by molar-refractivity contribution is -0.143. The summed E-state index contributed by atoms with van der Waals surface area (Å²) >= 11 is 1.17. The van der Waals surface area contributed by atoms with Gasteiger partial charge in [-0.15, -0.1) is 11.3 Å². The predicted molar refractivity (Wildman–Crippen MR) is 87.1 cm³/mol. The topological polar surface area (TPSA) is 110 Å². The summed E-state index contributed by atoms with van der Waals surface area (Å²) in [6, 6.07) is 3.27. The van der Waals surface area contributed by atoms with Crippen LogP contribution in [-0.4, -0.2) is 57.1 Å². The zero-order chi connectivity index (χ0) is 17.7. The minimum atomic E-state index is -3.24. The standard InChI is InChI=1S/C14H18N2O6S2/c1-24(20,21)15-7-6-10-4-5-11(23-10)14(19)22-9-13(18)16-8-2-3-12(16)17/h4-5,15H,2-3,6-9H2,1H3. The van der Waals surface area contributed by atoms with Gasteiger partial charge in [-0.2, -0.15) is 0 Å². The summed E-state index contributed by atoms with van der Waals surface area (Å²) in [6.07, 6.45) is 2.50. The van der Waals surface area contributed by atoms with Crippen molar-refractivity contribution in [1.82, 2.24) is 9.62 Å². The third-order valence-electron chi connectivity index (χ3n) is 3.30. The van der Waals surface area contributed by atoms with Crippen LogP contribution in [0, 0.1) is 0 Å².